The maximum absolute atomic E-state index is 11.8. The van der Waals surface area contributed by atoms with E-state index in [9.17, 15) is 4.79 Å². The van der Waals surface area contributed by atoms with E-state index in [-0.39, 0.29) is 5.97 Å². The van der Waals surface area contributed by atoms with Crippen LogP contribution in [-0.2, 0) is 4.74 Å². The van der Waals surface area contributed by atoms with Crippen LogP contribution in [0.1, 0.15) is 10.4 Å². The number of hydrogen-bond donors (Lipinski definition) is 2. The van der Waals surface area contributed by atoms with Crippen molar-refractivity contribution in [2.75, 3.05) is 7.11 Å². The third-order valence-corrected chi connectivity index (χ3v) is 4.89. The molecule has 2 N–H and O–H groups in total. The summed E-state index contributed by atoms with van der Waals surface area (Å²) in [6, 6.07) is 16.9. The number of benzene rings is 1. The molecule has 7 heteroatoms. The summed E-state index contributed by atoms with van der Waals surface area (Å²) in [6.45, 7) is 0. The third-order valence-electron chi connectivity index (χ3n) is 4.89. The van der Waals surface area contributed by atoms with Crippen molar-refractivity contribution in [1.82, 2.24) is 24.9 Å². The van der Waals surface area contributed by atoms with Gasteiger partial charge in [0.25, 0.3) is 0 Å². The molecule has 0 spiro atoms. The van der Waals surface area contributed by atoms with Crippen LogP contribution in [0.5, 0.6) is 0 Å². The number of H-pyrrole nitrogens is 2. The van der Waals surface area contributed by atoms with Crippen LogP contribution in [0.3, 0.4) is 0 Å². The van der Waals surface area contributed by atoms with E-state index in [4.69, 9.17) is 9.72 Å². The zero-order valence-electron chi connectivity index (χ0n) is 16.1. The molecule has 0 unspecified atom stereocenters. The van der Waals surface area contributed by atoms with Gasteiger partial charge < -0.3 is 14.7 Å². The maximum atomic E-state index is 11.8. The quantitative estimate of drug-likeness (QED) is 0.438. The fourth-order valence-corrected chi connectivity index (χ4v) is 3.45. The second kappa shape index (κ2) is 7.29. The lowest BCUT2D eigenvalue weighted by Gasteiger charge is -2.01. The summed E-state index contributed by atoms with van der Waals surface area (Å²) in [5.74, 6) is 0.314. The average Bonchev–Trinajstić information content (AvgIpc) is 3.43. The van der Waals surface area contributed by atoms with Crippen molar-refractivity contribution < 1.29 is 9.53 Å². The van der Waals surface area contributed by atoms with Crippen molar-refractivity contribution in [3.05, 3.63) is 78.8 Å². The minimum absolute atomic E-state index is 0.374. The molecular formula is C23H17N5O2. The number of fused-ring (bicyclic) bond motifs is 1. The summed E-state index contributed by atoms with van der Waals surface area (Å²) in [7, 11) is 1.37. The number of aromatic amines is 2. The number of carbonyl (C=O) groups is 1. The Morgan fingerprint density at radius 2 is 1.73 bits per heavy atom. The van der Waals surface area contributed by atoms with Gasteiger partial charge in [0.2, 0.25) is 0 Å². The van der Waals surface area contributed by atoms with Gasteiger partial charge >= 0.3 is 5.97 Å². The molecule has 30 heavy (non-hydrogen) atoms. The Bertz CT molecular complexity index is 1280. The second-order valence-corrected chi connectivity index (χ2v) is 6.69. The Morgan fingerprint density at radius 1 is 0.967 bits per heavy atom. The monoisotopic (exact) mass is 395 g/mol. The Kier molecular flexibility index (Phi) is 4.33. The van der Waals surface area contributed by atoms with E-state index >= 15 is 0 Å². The molecule has 4 heterocycles. The second-order valence-electron chi connectivity index (χ2n) is 6.69. The minimum Gasteiger partial charge on any atom is -0.465 e. The summed E-state index contributed by atoms with van der Waals surface area (Å²) in [5, 5.41) is 0.941. The first-order chi connectivity index (χ1) is 14.7. The van der Waals surface area contributed by atoms with Gasteiger partial charge in [0, 0.05) is 35.1 Å². The predicted molar refractivity (Wildman–Crippen MR) is 114 cm³/mol. The highest BCUT2D eigenvalue weighted by molar-refractivity contribution is 5.99. The van der Waals surface area contributed by atoms with Crippen molar-refractivity contribution in [2.45, 2.75) is 0 Å². The van der Waals surface area contributed by atoms with Crippen molar-refractivity contribution in [1.29, 1.82) is 0 Å². The zero-order chi connectivity index (χ0) is 20.5. The molecule has 0 aliphatic carbocycles. The van der Waals surface area contributed by atoms with Crippen molar-refractivity contribution in [2.24, 2.45) is 0 Å². The first-order valence-corrected chi connectivity index (χ1v) is 9.37. The number of imidazole rings is 1. The Labute approximate surface area is 171 Å². The lowest BCUT2D eigenvalue weighted by Crippen LogP contribution is -2.00. The zero-order valence-corrected chi connectivity index (χ0v) is 16.1. The minimum atomic E-state index is -0.374. The molecule has 0 aliphatic heterocycles. The highest BCUT2D eigenvalue weighted by Crippen LogP contribution is 2.34. The van der Waals surface area contributed by atoms with E-state index in [0.29, 0.717) is 11.4 Å². The Balaban J connectivity index is 1.67. The van der Waals surface area contributed by atoms with Crippen LogP contribution in [0.25, 0.3) is 45.1 Å². The van der Waals surface area contributed by atoms with Gasteiger partial charge in [0.1, 0.15) is 11.5 Å². The number of pyridine rings is 2. The first kappa shape index (κ1) is 17.8. The topological polar surface area (TPSA) is 96.5 Å². The van der Waals surface area contributed by atoms with Crippen LogP contribution in [0.15, 0.2) is 73.2 Å². The van der Waals surface area contributed by atoms with E-state index in [1.165, 1.54) is 7.11 Å². The average molecular weight is 395 g/mol. The van der Waals surface area contributed by atoms with E-state index in [1.54, 1.807) is 24.5 Å². The number of esters is 1. The molecule has 7 nitrogen and oxygen atoms in total. The van der Waals surface area contributed by atoms with Crippen molar-refractivity contribution >= 4 is 16.9 Å². The van der Waals surface area contributed by atoms with Crippen LogP contribution in [0, 0.1) is 0 Å². The summed E-state index contributed by atoms with van der Waals surface area (Å²) in [5.41, 5.74) is 5.26. The van der Waals surface area contributed by atoms with Crippen molar-refractivity contribution in [3.8, 4) is 34.2 Å². The molecule has 5 rings (SSSR count). The molecule has 5 aromatic rings. The SMILES string of the molecule is COC(=O)c1ccc2c(-c3nc(-c4ccccn4)c(-c4ccccn4)[nH]3)c[nH]c2c1. The number of aromatic nitrogens is 5. The standard InChI is InChI=1S/C23H17N5O2/c1-30-23(29)14-8-9-15-16(13-26-19(15)12-14)22-27-20(17-6-2-4-10-24-17)21(28-22)18-7-3-5-11-25-18/h2-13,26H,1H3,(H,27,28). The van der Waals surface area contributed by atoms with Crippen molar-refractivity contribution in [3.63, 3.8) is 0 Å². The highest BCUT2D eigenvalue weighted by Gasteiger charge is 2.19. The van der Waals surface area contributed by atoms with E-state index in [1.807, 2.05) is 48.7 Å². The van der Waals surface area contributed by atoms with Crippen LogP contribution in [-0.4, -0.2) is 38.0 Å². The summed E-state index contributed by atoms with van der Waals surface area (Å²) >= 11 is 0. The molecule has 1 aromatic carbocycles. The molecule has 146 valence electrons. The number of nitrogens with zero attached hydrogens (tertiary/aromatic N) is 3. The van der Waals surface area contributed by atoms with Gasteiger partial charge in [-0.25, -0.2) is 9.78 Å². The molecule has 0 amide bonds. The van der Waals surface area contributed by atoms with Crippen LogP contribution in [0.2, 0.25) is 0 Å². The number of nitrogens with one attached hydrogen (secondary N) is 2. The Hall–Kier alpha value is -4.26. The van der Waals surface area contributed by atoms with Gasteiger partial charge in [0.15, 0.2) is 0 Å². The largest absolute Gasteiger partial charge is 0.465 e. The van der Waals surface area contributed by atoms with Gasteiger partial charge in [-0.3, -0.25) is 9.97 Å². The van der Waals surface area contributed by atoms with Gasteiger partial charge in [-0.1, -0.05) is 18.2 Å². The number of methoxy groups -OCH3 is 1. The molecule has 0 aliphatic rings. The fraction of sp³-hybridized carbons (Fsp3) is 0.0435. The molecule has 0 saturated heterocycles. The molecule has 0 saturated carbocycles. The Morgan fingerprint density at radius 3 is 2.43 bits per heavy atom. The lowest BCUT2D eigenvalue weighted by atomic mass is 10.1. The summed E-state index contributed by atoms with van der Waals surface area (Å²) in [6.07, 6.45) is 5.36. The van der Waals surface area contributed by atoms with Gasteiger partial charge in [0.05, 0.1) is 29.8 Å². The smallest absolute Gasteiger partial charge is 0.337 e. The number of carbonyl (C=O) groups excluding carboxylic acids is 1. The van der Waals surface area contributed by atoms with E-state index in [0.717, 1.165) is 39.2 Å². The van der Waals surface area contributed by atoms with Gasteiger partial charge in [-0.15, -0.1) is 0 Å². The molecule has 0 radical (unpaired) electrons. The molecule has 0 fully saturated rings. The molecule has 4 aromatic heterocycles. The normalized spacial score (nSPS) is 11.0. The predicted octanol–water partition coefficient (Wildman–Crippen LogP) is 4.47. The third kappa shape index (κ3) is 3.02. The van der Waals surface area contributed by atoms with Crippen LogP contribution in [0.4, 0.5) is 0 Å². The molecular weight excluding hydrogens is 378 g/mol. The van der Waals surface area contributed by atoms with Gasteiger partial charge in [-0.2, -0.15) is 0 Å². The van der Waals surface area contributed by atoms with Gasteiger partial charge in [-0.05, 0) is 36.4 Å². The lowest BCUT2D eigenvalue weighted by molar-refractivity contribution is 0.0601. The number of rotatable bonds is 4. The van der Waals surface area contributed by atoms with E-state index in [2.05, 4.69) is 19.9 Å². The maximum Gasteiger partial charge on any atom is 0.337 e. The number of ether oxygens (including phenoxy) is 1. The fourth-order valence-electron chi connectivity index (χ4n) is 3.45. The summed E-state index contributed by atoms with van der Waals surface area (Å²) < 4.78 is 4.81. The number of hydrogen-bond acceptors (Lipinski definition) is 5. The molecule has 0 bridgehead atoms. The first-order valence-electron chi connectivity index (χ1n) is 9.37. The molecule has 0 atom stereocenters. The highest BCUT2D eigenvalue weighted by atomic mass is 16.5. The van der Waals surface area contributed by atoms with Crippen LogP contribution < -0.4 is 0 Å². The van der Waals surface area contributed by atoms with Crippen LogP contribution >= 0.6 is 0 Å². The summed E-state index contributed by atoms with van der Waals surface area (Å²) in [4.78, 5) is 32.2. The van der Waals surface area contributed by atoms with E-state index < -0.39 is 0 Å².